The van der Waals surface area contributed by atoms with Crippen LogP contribution in [0.25, 0.3) is 0 Å². The Kier molecular flexibility index (Phi) is 7.16. The second-order valence-corrected chi connectivity index (χ2v) is 4.22. The molecule has 0 aliphatic carbocycles. The highest BCUT2D eigenvalue weighted by atomic mass is 79.9. The lowest BCUT2D eigenvalue weighted by atomic mass is 10.3. The molecule has 0 aliphatic rings. The molecular weight excluding hydrogens is 289 g/mol. The highest BCUT2D eigenvalue weighted by molar-refractivity contribution is 9.10. The fraction of sp³-hybridized carbons (Fsp3) is 0.500. The average Bonchev–Trinajstić information content (AvgIpc) is 2.32. The van der Waals surface area contributed by atoms with E-state index in [1.165, 1.54) is 12.1 Å². The standard InChI is InChI=1S/C12H17BrFNO2/c1-2-16-7-5-15-6-8-17-12-9-10(14)3-4-11(12)13/h3-4,9,15H,2,5-8H2,1H3. The molecule has 1 N–H and O–H groups in total. The zero-order valence-electron chi connectivity index (χ0n) is 9.84. The summed E-state index contributed by atoms with van der Waals surface area (Å²) in [6, 6.07) is 4.38. The van der Waals surface area contributed by atoms with Crippen molar-refractivity contribution in [3.05, 3.63) is 28.5 Å². The van der Waals surface area contributed by atoms with Crippen LogP contribution in [0.2, 0.25) is 0 Å². The first-order valence-corrected chi connectivity index (χ1v) is 6.39. The van der Waals surface area contributed by atoms with Crippen molar-refractivity contribution in [3.8, 4) is 5.75 Å². The van der Waals surface area contributed by atoms with Gasteiger partial charge in [0.25, 0.3) is 0 Å². The van der Waals surface area contributed by atoms with Crippen molar-refractivity contribution in [1.29, 1.82) is 0 Å². The fourth-order valence-corrected chi connectivity index (χ4v) is 1.60. The first-order chi connectivity index (χ1) is 8.24. The normalized spacial score (nSPS) is 10.5. The maximum atomic E-state index is 12.9. The molecule has 1 aromatic carbocycles. The summed E-state index contributed by atoms with van der Waals surface area (Å²) in [5.74, 6) is 0.226. The van der Waals surface area contributed by atoms with Gasteiger partial charge in [0.2, 0.25) is 0 Å². The van der Waals surface area contributed by atoms with E-state index < -0.39 is 0 Å². The zero-order chi connectivity index (χ0) is 12.5. The van der Waals surface area contributed by atoms with Crippen molar-refractivity contribution in [1.82, 2.24) is 5.32 Å². The molecule has 0 heterocycles. The van der Waals surface area contributed by atoms with Crippen LogP contribution in [0, 0.1) is 5.82 Å². The maximum Gasteiger partial charge on any atom is 0.136 e. The van der Waals surface area contributed by atoms with E-state index in [-0.39, 0.29) is 5.82 Å². The lowest BCUT2D eigenvalue weighted by Crippen LogP contribution is -2.25. The molecule has 0 bridgehead atoms. The molecule has 0 saturated heterocycles. The number of rotatable bonds is 8. The highest BCUT2D eigenvalue weighted by Gasteiger charge is 2.02. The first kappa shape index (κ1) is 14.4. The van der Waals surface area contributed by atoms with E-state index >= 15 is 0 Å². The molecule has 96 valence electrons. The molecule has 0 aromatic heterocycles. The quantitative estimate of drug-likeness (QED) is 0.749. The molecule has 0 spiro atoms. The Balaban J connectivity index is 2.15. The van der Waals surface area contributed by atoms with E-state index in [2.05, 4.69) is 21.2 Å². The topological polar surface area (TPSA) is 30.5 Å². The van der Waals surface area contributed by atoms with Crippen LogP contribution in [0.1, 0.15) is 6.92 Å². The summed E-state index contributed by atoms with van der Waals surface area (Å²) in [6.45, 7) is 5.38. The molecular formula is C12H17BrFNO2. The van der Waals surface area contributed by atoms with Gasteiger partial charge in [-0.05, 0) is 35.0 Å². The predicted molar refractivity (Wildman–Crippen MR) is 69.0 cm³/mol. The third-order valence-corrected chi connectivity index (χ3v) is 2.71. The molecule has 0 aliphatic heterocycles. The number of halogens is 2. The van der Waals surface area contributed by atoms with Gasteiger partial charge in [-0.15, -0.1) is 0 Å². The van der Waals surface area contributed by atoms with E-state index in [0.29, 0.717) is 25.5 Å². The summed E-state index contributed by atoms with van der Waals surface area (Å²) in [6.07, 6.45) is 0. The summed E-state index contributed by atoms with van der Waals surface area (Å²) in [5, 5.41) is 3.17. The van der Waals surface area contributed by atoms with Crippen LogP contribution in [0.3, 0.4) is 0 Å². The second kappa shape index (κ2) is 8.44. The van der Waals surface area contributed by atoms with Gasteiger partial charge in [0.1, 0.15) is 18.2 Å². The van der Waals surface area contributed by atoms with Gasteiger partial charge in [0.15, 0.2) is 0 Å². The van der Waals surface area contributed by atoms with Gasteiger partial charge in [-0.2, -0.15) is 0 Å². The number of hydrogen-bond donors (Lipinski definition) is 1. The number of ether oxygens (including phenoxy) is 2. The summed E-state index contributed by atoms with van der Waals surface area (Å²) >= 11 is 3.30. The van der Waals surface area contributed by atoms with Crippen molar-refractivity contribution in [2.45, 2.75) is 6.92 Å². The van der Waals surface area contributed by atoms with Crippen LogP contribution in [-0.2, 0) is 4.74 Å². The molecule has 1 rings (SSSR count). The van der Waals surface area contributed by atoms with Crippen molar-refractivity contribution < 1.29 is 13.9 Å². The van der Waals surface area contributed by atoms with Crippen molar-refractivity contribution in [3.63, 3.8) is 0 Å². The van der Waals surface area contributed by atoms with E-state index in [1.54, 1.807) is 6.07 Å². The largest absolute Gasteiger partial charge is 0.491 e. The van der Waals surface area contributed by atoms with Gasteiger partial charge in [-0.25, -0.2) is 4.39 Å². The monoisotopic (exact) mass is 305 g/mol. The second-order valence-electron chi connectivity index (χ2n) is 3.37. The molecule has 5 heteroatoms. The maximum absolute atomic E-state index is 12.9. The third kappa shape index (κ3) is 6.00. The Labute approximate surface area is 109 Å². The van der Waals surface area contributed by atoms with Crippen molar-refractivity contribution >= 4 is 15.9 Å². The van der Waals surface area contributed by atoms with E-state index in [9.17, 15) is 4.39 Å². The molecule has 3 nitrogen and oxygen atoms in total. The Morgan fingerprint density at radius 3 is 2.82 bits per heavy atom. The van der Waals surface area contributed by atoms with E-state index in [1.807, 2.05) is 6.92 Å². The summed E-state index contributed by atoms with van der Waals surface area (Å²) in [7, 11) is 0. The molecule has 0 atom stereocenters. The van der Waals surface area contributed by atoms with Crippen LogP contribution in [0.5, 0.6) is 5.75 Å². The Morgan fingerprint density at radius 1 is 1.29 bits per heavy atom. The average molecular weight is 306 g/mol. The van der Waals surface area contributed by atoms with Gasteiger partial charge in [0.05, 0.1) is 11.1 Å². The lowest BCUT2D eigenvalue weighted by Gasteiger charge is -2.09. The number of benzene rings is 1. The minimum Gasteiger partial charge on any atom is -0.491 e. The van der Waals surface area contributed by atoms with Gasteiger partial charge >= 0.3 is 0 Å². The van der Waals surface area contributed by atoms with Crippen LogP contribution in [0.15, 0.2) is 22.7 Å². The van der Waals surface area contributed by atoms with Gasteiger partial charge in [0, 0.05) is 25.8 Å². The fourth-order valence-electron chi connectivity index (χ4n) is 1.23. The Bertz CT molecular complexity index is 336. The van der Waals surface area contributed by atoms with Crippen LogP contribution < -0.4 is 10.1 Å². The minimum atomic E-state index is -0.299. The van der Waals surface area contributed by atoms with E-state index in [4.69, 9.17) is 9.47 Å². The molecule has 1 aromatic rings. The smallest absolute Gasteiger partial charge is 0.136 e. The molecule has 17 heavy (non-hydrogen) atoms. The predicted octanol–water partition coefficient (Wildman–Crippen LogP) is 2.59. The van der Waals surface area contributed by atoms with Gasteiger partial charge < -0.3 is 14.8 Å². The summed E-state index contributed by atoms with van der Waals surface area (Å²) in [5.41, 5.74) is 0. The molecule has 0 amide bonds. The molecule has 0 fully saturated rings. The minimum absolute atomic E-state index is 0.299. The first-order valence-electron chi connectivity index (χ1n) is 5.60. The highest BCUT2D eigenvalue weighted by Crippen LogP contribution is 2.25. The zero-order valence-corrected chi connectivity index (χ0v) is 11.4. The third-order valence-electron chi connectivity index (χ3n) is 2.06. The molecule has 0 saturated carbocycles. The summed E-state index contributed by atoms with van der Waals surface area (Å²) in [4.78, 5) is 0. The lowest BCUT2D eigenvalue weighted by molar-refractivity contribution is 0.148. The summed E-state index contributed by atoms with van der Waals surface area (Å²) < 4.78 is 24.3. The molecule has 0 unspecified atom stereocenters. The van der Waals surface area contributed by atoms with Crippen LogP contribution in [0.4, 0.5) is 4.39 Å². The van der Waals surface area contributed by atoms with Crippen LogP contribution in [-0.4, -0.2) is 32.9 Å². The van der Waals surface area contributed by atoms with Gasteiger partial charge in [-0.1, -0.05) is 0 Å². The number of hydrogen-bond acceptors (Lipinski definition) is 3. The van der Waals surface area contributed by atoms with Gasteiger partial charge in [-0.3, -0.25) is 0 Å². The van der Waals surface area contributed by atoms with Crippen LogP contribution >= 0.6 is 15.9 Å². The molecule has 0 radical (unpaired) electrons. The van der Waals surface area contributed by atoms with E-state index in [0.717, 1.165) is 17.6 Å². The SMILES string of the molecule is CCOCCNCCOc1cc(F)ccc1Br. The van der Waals surface area contributed by atoms with Crippen molar-refractivity contribution in [2.24, 2.45) is 0 Å². The Hall–Kier alpha value is -0.650. The Morgan fingerprint density at radius 2 is 2.06 bits per heavy atom. The van der Waals surface area contributed by atoms with Crippen molar-refractivity contribution in [2.75, 3.05) is 32.9 Å². The number of nitrogens with one attached hydrogen (secondary N) is 1.